The van der Waals surface area contributed by atoms with Crippen molar-refractivity contribution in [2.24, 2.45) is 5.92 Å². The molecule has 0 radical (unpaired) electrons. The Bertz CT molecular complexity index is 241. The van der Waals surface area contributed by atoms with E-state index in [-0.39, 0.29) is 24.8 Å². The zero-order valence-corrected chi connectivity index (χ0v) is 11.6. The topological polar surface area (TPSA) is 12.0 Å². The van der Waals surface area contributed by atoms with Crippen LogP contribution in [0.1, 0.15) is 58.3 Å². The summed E-state index contributed by atoms with van der Waals surface area (Å²) in [5.41, 5.74) is 0. The van der Waals surface area contributed by atoms with Gasteiger partial charge in [0.25, 0.3) is 0 Å². The van der Waals surface area contributed by atoms with Gasteiger partial charge in [-0.1, -0.05) is 13.0 Å². The molecule has 1 aliphatic carbocycles. The molecule has 1 fully saturated rings. The van der Waals surface area contributed by atoms with Crippen LogP contribution in [0.25, 0.3) is 0 Å². The molecule has 0 heterocycles. The Balaban J connectivity index is 2.48. The third-order valence-corrected chi connectivity index (χ3v) is 3.83. The van der Waals surface area contributed by atoms with Crippen LogP contribution < -0.4 is 5.32 Å². The van der Waals surface area contributed by atoms with E-state index in [1.807, 2.05) is 6.08 Å². The van der Waals surface area contributed by atoms with Gasteiger partial charge in [-0.05, 0) is 51.0 Å². The number of hydrogen-bond donors (Lipinski definition) is 1. The van der Waals surface area contributed by atoms with Gasteiger partial charge in [0.15, 0.2) is 0 Å². The molecule has 1 N–H and O–H groups in total. The Kier molecular flexibility index (Phi) is 6.83. The number of hydrogen-bond acceptors (Lipinski definition) is 1. The average molecular weight is 259 g/mol. The van der Waals surface area contributed by atoms with Crippen LogP contribution in [0.15, 0.2) is 12.7 Å². The molecule has 1 saturated carbocycles. The van der Waals surface area contributed by atoms with Crippen LogP contribution in [-0.2, 0) is 0 Å². The third kappa shape index (κ3) is 5.47. The van der Waals surface area contributed by atoms with E-state index in [1.54, 1.807) is 0 Å². The van der Waals surface area contributed by atoms with Crippen LogP contribution in [0, 0.1) is 5.92 Å². The minimum Gasteiger partial charge on any atom is -0.314 e. The van der Waals surface area contributed by atoms with Gasteiger partial charge in [0, 0.05) is 18.9 Å². The summed E-state index contributed by atoms with van der Waals surface area (Å²) in [4.78, 5) is 0. The third-order valence-electron chi connectivity index (χ3n) is 3.83. The van der Waals surface area contributed by atoms with Crippen molar-refractivity contribution in [3.05, 3.63) is 12.7 Å². The van der Waals surface area contributed by atoms with Crippen molar-refractivity contribution in [2.75, 3.05) is 6.54 Å². The number of nitrogens with one attached hydrogen (secondary N) is 1. The van der Waals surface area contributed by atoms with Gasteiger partial charge >= 0.3 is 0 Å². The number of alkyl halides is 2. The van der Waals surface area contributed by atoms with Crippen LogP contribution in [0.4, 0.5) is 8.78 Å². The fraction of sp³-hybridized carbons (Fsp3) is 0.867. The molecule has 0 aromatic rings. The van der Waals surface area contributed by atoms with E-state index in [1.165, 1.54) is 0 Å². The van der Waals surface area contributed by atoms with E-state index < -0.39 is 5.92 Å². The lowest BCUT2D eigenvalue weighted by molar-refractivity contribution is -0.0586. The van der Waals surface area contributed by atoms with Crippen molar-refractivity contribution in [1.29, 1.82) is 0 Å². The largest absolute Gasteiger partial charge is 0.314 e. The highest BCUT2D eigenvalue weighted by Crippen LogP contribution is 2.38. The number of halogens is 2. The molecule has 0 amide bonds. The van der Waals surface area contributed by atoms with Gasteiger partial charge in [-0.25, -0.2) is 8.78 Å². The first kappa shape index (κ1) is 15.6. The van der Waals surface area contributed by atoms with Crippen molar-refractivity contribution in [1.82, 2.24) is 5.32 Å². The van der Waals surface area contributed by atoms with E-state index in [4.69, 9.17) is 0 Å². The second-order valence-electron chi connectivity index (χ2n) is 5.49. The van der Waals surface area contributed by atoms with Crippen molar-refractivity contribution >= 4 is 0 Å². The van der Waals surface area contributed by atoms with E-state index in [0.717, 1.165) is 38.6 Å². The lowest BCUT2D eigenvalue weighted by Gasteiger charge is -2.35. The Hall–Kier alpha value is -0.440. The molecule has 0 saturated heterocycles. The van der Waals surface area contributed by atoms with E-state index >= 15 is 0 Å². The molecule has 0 aromatic heterocycles. The molecule has 3 heteroatoms. The van der Waals surface area contributed by atoms with Gasteiger partial charge < -0.3 is 5.32 Å². The van der Waals surface area contributed by atoms with Crippen LogP contribution in [0.2, 0.25) is 0 Å². The molecule has 18 heavy (non-hydrogen) atoms. The molecule has 2 atom stereocenters. The van der Waals surface area contributed by atoms with Crippen LogP contribution >= 0.6 is 0 Å². The number of allylic oxidation sites excluding steroid dienone is 1. The Morgan fingerprint density at radius 2 is 2.28 bits per heavy atom. The molecule has 1 rings (SSSR count). The molecule has 0 aliphatic heterocycles. The molecule has 0 aromatic carbocycles. The second-order valence-corrected chi connectivity index (χ2v) is 5.49. The van der Waals surface area contributed by atoms with Gasteiger partial charge in [0.05, 0.1) is 0 Å². The van der Waals surface area contributed by atoms with Gasteiger partial charge in [0.2, 0.25) is 5.92 Å². The monoisotopic (exact) mass is 259 g/mol. The summed E-state index contributed by atoms with van der Waals surface area (Å²) in [5.74, 6) is -2.29. The molecule has 1 nitrogen and oxygen atoms in total. The maximum absolute atomic E-state index is 13.5. The summed E-state index contributed by atoms with van der Waals surface area (Å²) in [6.07, 6.45) is 7.76. The quantitative estimate of drug-likeness (QED) is 0.498. The number of unbranched alkanes of at least 4 members (excludes halogenated alkanes) is 1. The molecular formula is C15H27F2N. The summed E-state index contributed by atoms with van der Waals surface area (Å²) < 4.78 is 27.0. The minimum absolute atomic E-state index is 0.0719. The fourth-order valence-corrected chi connectivity index (χ4v) is 2.87. The van der Waals surface area contributed by atoms with Crippen molar-refractivity contribution in [3.8, 4) is 0 Å². The molecular weight excluding hydrogens is 232 g/mol. The zero-order chi connectivity index (χ0) is 13.4. The highest BCUT2D eigenvalue weighted by molar-refractivity contribution is 4.86. The van der Waals surface area contributed by atoms with Crippen LogP contribution in [0.3, 0.4) is 0 Å². The normalized spacial score (nSPS) is 24.7. The molecule has 1 aliphatic rings. The SMILES string of the molecule is C=CCCCC(NCCC)C1CCCC(F)(F)C1. The standard InChI is InChI=1S/C15H27F2N/c1-3-5-6-9-14(18-11-4-2)13-8-7-10-15(16,17)12-13/h3,13-14,18H,1,4-12H2,2H3. The molecule has 2 unspecified atom stereocenters. The highest BCUT2D eigenvalue weighted by Gasteiger charge is 2.38. The molecule has 0 spiro atoms. The average Bonchev–Trinajstić information content (AvgIpc) is 2.32. The number of rotatable bonds is 8. The predicted molar refractivity (Wildman–Crippen MR) is 73.0 cm³/mol. The maximum atomic E-state index is 13.5. The zero-order valence-electron chi connectivity index (χ0n) is 11.6. The predicted octanol–water partition coefficient (Wildman–Crippen LogP) is 4.54. The molecule has 106 valence electrons. The summed E-state index contributed by atoms with van der Waals surface area (Å²) in [5, 5.41) is 3.47. The van der Waals surface area contributed by atoms with Gasteiger partial charge in [-0.2, -0.15) is 0 Å². The van der Waals surface area contributed by atoms with E-state index in [0.29, 0.717) is 6.42 Å². The Morgan fingerprint density at radius 3 is 2.89 bits per heavy atom. The van der Waals surface area contributed by atoms with E-state index in [9.17, 15) is 8.78 Å². The Morgan fingerprint density at radius 1 is 1.50 bits per heavy atom. The van der Waals surface area contributed by atoms with Gasteiger partial charge in [0.1, 0.15) is 0 Å². The minimum atomic E-state index is -2.44. The van der Waals surface area contributed by atoms with Crippen LogP contribution in [0.5, 0.6) is 0 Å². The first-order valence-corrected chi connectivity index (χ1v) is 7.31. The maximum Gasteiger partial charge on any atom is 0.248 e. The Labute approximate surface area is 110 Å². The lowest BCUT2D eigenvalue weighted by Crippen LogP contribution is -2.41. The van der Waals surface area contributed by atoms with Crippen molar-refractivity contribution in [2.45, 2.75) is 70.3 Å². The van der Waals surface area contributed by atoms with Gasteiger partial charge in [-0.3, -0.25) is 0 Å². The highest BCUT2D eigenvalue weighted by atomic mass is 19.3. The first-order valence-electron chi connectivity index (χ1n) is 7.31. The smallest absolute Gasteiger partial charge is 0.248 e. The summed E-state index contributed by atoms with van der Waals surface area (Å²) in [7, 11) is 0. The van der Waals surface area contributed by atoms with Crippen molar-refractivity contribution in [3.63, 3.8) is 0 Å². The summed E-state index contributed by atoms with van der Waals surface area (Å²) in [6, 6.07) is 0.260. The molecule has 0 bridgehead atoms. The first-order chi connectivity index (χ1) is 8.59. The summed E-state index contributed by atoms with van der Waals surface area (Å²) >= 11 is 0. The fourth-order valence-electron chi connectivity index (χ4n) is 2.87. The second kappa shape index (κ2) is 7.88. The lowest BCUT2D eigenvalue weighted by atomic mass is 9.80. The summed E-state index contributed by atoms with van der Waals surface area (Å²) in [6.45, 7) is 6.76. The van der Waals surface area contributed by atoms with Crippen molar-refractivity contribution < 1.29 is 8.78 Å². The van der Waals surface area contributed by atoms with Crippen LogP contribution in [-0.4, -0.2) is 18.5 Å². The van der Waals surface area contributed by atoms with E-state index in [2.05, 4.69) is 18.8 Å². The van der Waals surface area contributed by atoms with Gasteiger partial charge in [-0.15, -0.1) is 6.58 Å².